The molecule has 10 nitrogen and oxygen atoms in total. The molecule has 5 rings (SSSR count). The number of aromatic amines is 2. The van der Waals surface area contributed by atoms with Crippen molar-refractivity contribution in [3.05, 3.63) is 34.5 Å². The van der Waals surface area contributed by atoms with Gasteiger partial charge in [0.25, 0.3) is 5.56 Å². The van der Waals surface area contributed by atoms with Gasteiger partial charge in [-0.3, -0.25) is 9.89 Å². The minimum absolute atomic E-state index is 0.122. The molecule has 2 aliphatic rings. The minimum Gasteiger partial charge on any atom is -0.381 e. The maximum atomic E-state index is 11.8. The molecule has 13 heteroatoms. The van der Waals surface area contributed by atoms with Gasteiger partial charge >= 0.3 is 0 Å². The summed E-state index contributed by atoms with van der Waals surface area (Å²) in [6.45, 7) is 9.37. The first-order valence-corrected chi connectivity index (χ1v) is 10.9. The number of aromatic nitrogens is 5. The molecule has 0 saturated carbocycles. The van der Waals surface area contributed by atoms with Gasteiger partial charge in [0.1, 0.15) is 23.1 Å². The van der Waals surface area contributed by atoms with E-state index in [0.29, 0.717) is 16.7 Å². The lowest BCUT2D eigenvalue weighted by Gasteiger charge is -2.34. The zero-order valence-corrected chi connectivity index (χ0v) is 19.6. The molecule has 34 heavy (non-hydrogen) atoms. The van der Waals surface area contributed by atoms with Crippen molar-refractivity contribution in [2.75, 3.05) is 25.1 Å². The third kappa shape index (κ3) is 7.02. The number of anilines is 2. The average Bonchev–Trinajstić information content (AvgIpc) is 3.47. The SMILES string of the molecule is CC1(C)CCO1.CC1CCOC1.[B]C([B])([B])n1cc(Nc2ncc3cc(C#N)[nH]c3n2)c(=O)[nH]1. The number of H-pyrrole nitrogens is 2. The molecule has 6 radical (unpaired) electrons. The first kappa shape index (κ1) is 25.7. The quantitative estimate of drug-likeness (QED) is 0.506. The molecule has 1 unspecified atom stereocenters. The standard InChI is InChI=1S/C11H6B3N7O.2C5H10O/c12-11(13,14)21-4-7(9(22)20-21)18-10-16-3-5-1-6(2-15)17-8(5)19-10;1-5(2)3-4-6-5;1-5-2-3-6-4-5/h1,3-4H,(H,20,22)(H2,16,17,18,19);3-4H2,1-2H3;5H,2-4H2,1H3. The van der Waals surface area contributed by atoms with Gasteiger partial charge in [0, 0.05) is 31.0 Å². The summed E-state index contributed by atoms with van der Waals surface area (Å²) >= 11 is 0. The molecule has 172 valence electrons. The van der Waals surface area contributed by atoms with E-state index in [4.69, 9.17) is 38.3 Å². The summed E-state index contributed by atoms with van der Waals surface area (Å²) in [5.41, 5.74) is 0.691. The second-order valence-corrected chi connectivity index (χ2v) is 8.99. The van der Waals surface area contributed by atoms with Gasteiger partial charge in [-0.25, -0.2) is 4.98 Å². The topological polar surface area (TPSA) is 134 Å². The second kappa shape index (κ2) is 10.5. The molecule has 3 aromatic heterocycles. The van der Waals surface area contributed by atoms with Gasteiger partial charge < -0.3 is 24.5 Å². The van der Waals surface area contributed by atoms with Crippen LogP contribution in [0.4, 0.5) is 11.6 Å². The molecule has 1 atom stereocenters. The van der Waals surface area contributed by atoms with Crippen molar-refractivity contribution >= 4 is 46.2 Å². The Morgan fingerprint density at radius 2 is 2.06 bits per heavy atom. The van der Waals surface area contributed by atoms with E-state index in [1.807, 2.05) is 6.07 Å². The Labute approximate surface area is 202 Å². The fraction of sp³-hybridized carbons (Fsp3) is 0.524. The minimum atomic E-state index is -1.73. The number of nitrogens with one attached hydrogen (secondary N) is 3. The van der Waals surface area contributed by atoms with E-state index in [0.717, 1.165) is 30.4 Å². The number of nitrogens with zero attached hydrogens (tertiary/aromatic N) is 4. The van der Waals surface area contributed by atoms with Crippen LogP contribution >= 0.6 is 0 Å². The average molecular weight is 457 g/mol. The predicted octanol–water partition coefficient (Wildman–Crippen LogP) is 1.36. The highest BCUT2D eigenvalue weighted by molar-refractivity contribution is 6.56. The molecular weight excluding hydrogens is 431 g/mol. The summed E-state index contributed by atoms with van der Waals surface area (Å²) in [5, 5.41) is 12.9. The number of fused-ring (bicyclic) bond motifs is 1. The molecule has 3 N–H and O–H groups in total. The van der Waals surface area contributed by atoms with Crippen LogP contribution in [0.25, 0.3) is 11.0 Å². The second-order valence-electron chi connectivity index (χ2n) is 8.99. The van der Waals surface area contributed by atoms with E-state index in [1.165, 1.54) is 25.2 Å². The number of hydrogen-bond acceptors (Lipinski definition) is 7. The van der Waals surface area contributed by atoms with Crippen LogP contribution in [0, 0.1) is 17.2 Å². The van der Waals surface area contributed by atoms with Crippen LogP contribution in [0.2, 0.25) is 0 Å². The monoisotopic (exact) mass is 457 g/mol. The van der Waals surface area contributed by atoms with Crippen molar-refractivity contribution in [1.29, 1.82) is 5.26 Å². The Morgan fingerprint density at radius 1 is 1.35 bits per heavy atom. The lowest BCUT2D eigenvalue weighted by atomic mass is 9.49. The Hall–Kier alpha value is -2.97. The van der Waals surface area contributed by atoms with Crippen LogP contribution in [0.15, 0.2) is 23.3 Å². The summed E-state index contributed by atoms with van der Waals surface area (Å²) in [4.78, 5) is 22.8. The highest BCUT2D eigenvalue weighted by Gasteiger charge is 2.26. The van der Waals surface area contributed by atoms with E-state index < -0.39 is 10.8 Å². The Bertz CT molecular complexity index is 1190. The maximum Gasteiger partial charge on any atom is 0.287 e. The smallest absolute Gasteiger partial charge is 0.287 e. The van der Waals surface area contributed by atoms with Crippen LogP contribution in [0.1, 0.15) is 39.3 Å². The number of rotatable bonds is 3. The van der Waals surface area contributed by atoms with Crippen molar-refractivity contribution in [3.63, 3.8) is 0 Å². The van der Waals surface area contributed by atoms with Crippen LogP contribution in [0.5, 0.6) is 0 Å². The molecule has 0 amide bonds. The highest BCUT2D eigenvalue weighted by atomic mass is 16.5. The maximum absolute atomic E-state index is 11.8. The van der Waals surface area contributed by atoms with Gasteiger partial charge in [0.05, 0.1) is 35.7 Å². The van der Waals surface area contributed by atoms with Crippen molar-refractivity contribution < 1.29 is 9.47 Å². The van der Waals surface area contributed by atoms with Gasteiger partial charge in [-0.2, -0.15) is 10.2 Å². The fourth-order valence-electron chi connectivity index (χ4n) is 3.01. The lowest BCUT2D eigenvalue weighted by Crippen LogP contribution is -2.36. The van der Waals surface area contributed by atoms with Crippen molar-refractivity contribution in [1.82, 2.24) is 24.7 Å². The Morgan fingerprint density at radius 3 is 2.50 bits per heavy atom. The third-order valence-corrected chi connectivity index (χ3v) is 5.23. The lowest BCUT2D eigenvalue weighted by molar-refractivity contribution is -0.120. The summed E-state index contributed by atoms with van der Waals surface area (Å²) < 4.78 is 11.2. The third-order valence-electron chi connectivity index (χ3n) is 5.23. The van der Waals surface area contributed by atoms with Crippen LogP contribution in [-0.4, -0.2) is 73.7 Å². The molecule has 2 fully saturated rings. The molecule has 0 spiro atoms. The van der Waals surface area contributed by atoms with E-state index >= 15 is 0 Å². The Balaban J connectivity index is 0.000000219. The molecule has 2 aliphatic heterocycles. The van der Waals surface area contributed by atoms with Crippen LogP contribution < -0.4 is 10.9 Å². The van der Waals surface area contributed by atoms with E-state index in [-0.39, 0.29) is 17.2 Å². The zero-order valence-electron chi connectivity index (χ0n) is 19.6. The first-order chi connectivity index (χ1) is 16.0. The van der Waals surface area contributed by atoms with Gasteiger partial charge in [-0.15, -0.1) is 0 Å². The number of nitriles is 1. The van der Waals surface area contributed by atoms with E-state index in [2.05, 4.69) is 46.1 Å². The summed E-state index contributed by atoms with van der Waals surface area (Å²) in [5.74, 6) is 0.990. The van der Waals surface area contributed by atoms with Crippen molar-refractivity contribution in [3.8, 4) is 6.07 Å². The predicted molar refractivity (Wildman–Crippen MR) is 131 cm³/mol. The van der Waals surface area contributed by atoms with Crippen molar-refractivity contribution in [2.24, 2.45) is 5.92 Å². The van der Waals surface area contributed by atoms with Gasteiger partial charge in [0.2, 0.25) is 5.95 Å². The fourth-order valence-corrected chi connectivity index (χ4v) is 3.01. The summed E-state index contributed by atoms with van der Waals surface area (Å²) in [6, 6.07) is 3.59. The highest BCUT2D eigenvalue weighted by Crippen LogP contribution is 2.23. The normalized spacial score (nSPS) is 18.6. The molecule has 5 heterocycles. The molecule has 2 saturated heterocycles. The van der Waals surface area contributed by atoms with Crippen LogP contribution in [-0.2, 0) is 14.7 Å². The van der Waals surface area contributed by atoms with Gasteiger partial charge in [-0.05, 0) is 43.9 Å². The molecule has 3 aromatic rings. The van der Waals surface area contributed by atoms with Gasteiger partial charge in [0.15, 0.2) is 0 Å². The zero-order chi connectivity index (χ0) is 24.9. The molecule has 0 aromatic carbocycles. The molecular formula is C21H26B3N7O3. The summed E-state index contributed by atoms with van der Waals surface area (Å²) in [6.07, 6.45) is 5.32. The Kier molecular flexibility index (Phi) is 7.95. The van der Waals surface area contributed by atoms with E-state index in [1.54, 1.807) is 6.07 Å². The molecule has 0 aliphatic carbocycles. The largest absolute Gasteiger partial charge is 0.381 e. The molecule has 0 bridgehead atoms. The van der Waals surface area contributed by atoms with Gasteiger partial charge in [-0.1, -0.05) is 6.92 Å². The first-order valence-electron chi connectivity index (χ1n) is 10.9. The van der Waals surface area contributed by atoms with Crippen molar-refractivity contribution in [2.45, 2.75) is 44.5 Å². The number of hydrogen-bond donors (Lipinski definition) is 3. The number of ether oxygens (including phenoxy) is 2. The summed E-state index contributed by atoms with van der Waals surface area (Å²) in [7, 11) is 16.4. The van der Waals surface area contributed by atoms with E-state index in [9.17, 15) is 4.79 Å². The van der Waals surface area contributed by atoms with Crippen LogP contribution in [0.3, 0.4) is 0 Å².